The molecule has 0 radical (unpaired) electrons. The second-order valence-electron chi connectivity index (χ2n) is 24.8. The highest BCUT2D eigenvalue weighted by Crippen LogP contribution is 2.70. The number of urea groups is 1. The lowest BCUT2D eigenvalue weighted by Gasteiger charge is -2.59. The molecule has 6 amide bonds. The van der Waals surface area contributed by atoms with Gasteiger partial charge in [-0.3, -0.25) is 24.0 Å². The van der Waals surface area contributed by atoms with Crippen molar-refractivity contribution in [3.8, 4) is 17.6 Å². The Labute approximate surface area is 505 Å². The summed E-state index contributed by atoms with van der Waals surface area (Å²) in [6, 6.07) is 3.68. The number of carbonyl (C=O) groups excluding carboxylic acids is 7. The second-order valence-corrected chi connectivity index (χ2v) is 24.8. The summed E-state index contributed by atoms with van der Waals surface area (Å²) in [4.78, 5) is 91.5. The molecule has 1 saturated heterocycles. The molecule has 4 saturated carbocycles. The Kier molecular flexibility index (Phi) is 23.7. The Balaban J connectivity index is 0.732. The first-order valence-electron chi connectivity index (χ1n) is 31.2. The summed E-state index contributed by atoms with van der Waals surface area (Å²) in [5.41, 5.74) is 4.11. The SMILES string of the molecule is CCCC1O[C@@H]2C[C@H]3[C@@H]4CCC5=CC(=O)C=C[C@]5(C)[C@H]4[C@@H](O)C[C@]3(C)[C@]2(C(=O)COc2ccc(NC(=O)[C@H](CCCNC(N)=O)NC(=O)[C@@H](NC(=O)CCOCCOCCOCCOCCNC(=O)OCC3C4CCC#CCCC43)C(C)C)cc2)O1. The molecule has 1 aromatic rings. The van der Waals surface area contributed by atoms with Gasteiger partial charge < -0.3 is 75.3 Å². The summed E-state index contributed by atoms with van der Waals surface area (Å²) < 4.78 is 47.2. The Morgan fingerprint density at radius 1 is 0.837 bits per heavy atom. The van der Waals surface area contributed by atoms with Gasteiger partial charge in [0, 0.05) is 54.8 Å². The molecule has 13 atom stereocenters. The first kappa shape index (κ1) is 66.0. The van der Waals surface area contributed by atoms with Gasteiger partial charge in [-0.15, -0.1) is 11.8 Å². The lowest BCUT2D eigenvalue weighted by atomic mass is 9.46. The highest BCUT2D eigenvalue weighted by Gasteiger charge is 2.76. The zero-order valence-corrected chi connectivity index (χ0v) is 50.8. The third kappa shape index (κ3) is 16.2. The van der Waals surface area contributed by atoms with Crippen LogP contribution in [0.3, 0.4) is 0 Å². The van der Waals surface area contributed by atoms with Gasteiger partial charge >= 0.3 is 12.1 Å². The highest BCUT2D eigenvalue weighted by molar-refractivity contribution is 6.01. The van der Waals surface area contributed by atoms with Crippen LogP contribution in [0.5, 0.6) is 5.75 Å². The maximum absolute atomic E-state index is 14.9. The van der Waals surface area contributed by atoms with Crippen LogP contribution < -0.4 is 37.1 Å². The minimum atomic E-state index is -1.36. The molecule has 1 aromatic carbocycles. The molecule has 8 N–H and O–H groups in total. The largest absolute Gasteiger partial charge is 0.486 e. The molecule has 6 aliphatic carbocycles. The van der Waals surface area contributed by atoms with Crippen LogP contribution in [0.15, 0.2) is 48.1 Å². The van der Waals surface area contributed by atoms with Crippen molar-refractivity contribution in [2.45, 2.75) is 154 Å². The number of ether oxygens (including phenoxy) is 8. The first-order valence-corrected chi connectivity index (χ1v) is 31.2. The van der Waals surface area contributed by atoms with E-state index in [1.807, 2.05) is 13.0 Å². The summed E-state index contributed by atoms with van der Waals surface area (Å²) in [5.74, 6) is 6.19. The molecular weight excluding hydrogens is 1110 g/mol. The predicted octanol–water partition coefficient (Wildman–Crippen LogP) is 5.44. The minimum absolute atomic E-state index is 0.0118. The fourth-order valence-corrected chi connectivity index (χ4v) is 14.6. The number of hydrogen-bond acceptors (Lipinski definition) is 16. The van der Waals surface area contributed by atoms with Crippen LogP contribution in [0, 0.1) is 64.1 Å². The standard InChI is InChI=1S/C64H92N6O16/c1-6-12-55-85-53-36-49-47-21-16-41-35-43(71)22-24-62(41,4)56(47)51(72)37-63(49,5)64(53,86-55)52(73)39-83-44-19-17-42(18-20-44)68-58(75)50(15-11-25-66-60(65)77)69-59(76)57(40(2)3)70-54(74)23-27-79-29-31-81-33-34-82-32-30-80-28-26-67-61(78)84-38-48-45-13-9-7-8-10-14-46(45)48/h17-20,22,24,35,40,45-51,53,55-57,72H,6,9-16,21,23,25-34,36-39H2,1-5H3,(H,67,78)(H,68,75)(H,69,76)(H,70,74)(H3,65,66,77)/t45?,46?,47-,48?,49-,50-,51-,53+,55?,56+,57-,62-,63-,64+/m0/s1. The molecule has 8 rings (SSSR count). The summed E-state index contributed by atoms with van der Waals surface area (Å²) in [5, 5.41) is 25.8. The number of primary amides is 1. The number of aliphatic hydroxyl groups is 1. The third-order valence-electron chi connectivity index (χ3n) is 18.9. The number of rotatable bonds is 33. The van der Waals surface area contributed by atoms with E-state index in [-0.39, 0.29) is 87.5 Å². The molecule has 1 aliphatic heterocycles. The number of Topliss-reactive ketones (excluding diaryl/α,β-unsaturated/α-hetero) is 1. The molecule has 0 bridgehead atoms. The van der Waals surface area contributed by atoms with E-state index in [2.05, 4.69) is 52.3 Å². The van der Waals surface area contributed by atoms with E-state index in [0.29, 0.717) is 94.6 Å². The van der Waals surface area contributed by atoms with Crippen molar-refractivity contribution in [3.63, 3.8) is 0 Å². The molecule has 0 spiro atoms. The normalized spacial score (nSPS) is 30.0. The van der Waals surface area contributed by atoms with Crippen LogP contribution >= 0.6 is 0 Å². The summed E-state index contributed by atoms with van der Waals surface area (Å²) in [6.07, 6.45) is 11.3. The van der Waals surface area contributed by atoms with Gasteiger partial charge in [0.15, 0.2) is 17.7 Å². The van der Waals surface area contributed by atoms with Crippen LogP contribution in [0.1, 0.15) is 118 Å². The Hall–Kier alpha value is -5.93. The number of nitrogens with one attached hydrogen (secondary N) is 5. The average Bonchev–Trinajstić information content (AvgIpc) is 1.48. The van der Waals surface area contributed by atoms with E-state index in [0.717, 1.165) is 50.5 Å². The molecule has 22 heteroatoms. The number of ketones is 2. The number of anilines is 1. The molecule has 0 aromatic heterocycles. The fraction of sp³-hybridized carbons (Fsp3) is 0.703. The molecular formula is C64H92N6O16. The molecule has 474 valence electrons. The lowest BCUT2D eigenvalue weighted by Crippen LogP contribution is -2.63. The zero-order chi connectivity index (χ0) is 61.4. The smallest absolute Gasteiger partial charge is 0.407 e. The lowest BCUT2D eigenvalue weighted by molar-refractivity contribution is -0.200. The summed E-state index contributed by atoms with van der Waals surface area (Å²) in [7, 11) is 0. The van der Waals surface area contributed by atoms with Crippen LogP contribution in [0.2, 0.25) is 0 Å². The van der Waals surface area contributed by atoms with Crippen molar-refractivity contribution in [2.24, 2.45) is 58.0 Å². The molecule has 22 nitrogen and oxygen atoms in total. The Bertz CT molecular complexity index is 2640. The summed E-state index contributed by atoms with van der Waals surface area (Å²) in [6.45, 7) is 12.7. The number of allylic oxidation sites excluding steroid dienone is 4. The molecule has 5 fully saturated rings. The predicted molar refractivity (Wildman–Crippen MR) is 316 cm³/mol. The number of benzene rings is 1. The Morgan fingerprint density at radius 3 is 2.17 bits per heavy atom. The van der Waals surface area contributed by atoms with Crippen molar-refractivity contribution in [1.82, 2.24) is 21.3 Å². The number of aliphatic hydroxyl groups excluding tert-OH is 1. The van der Waals surface area contributed by atoms with E-state index in [9.17, 15) is 38.7 Å². The number of alkyl carbamates (subject to hydrolysis) is 1. The average molecular weight is 1200 g/mol. The first-order chi connectivity index (χ1) is 41.4. The van der Waals surface area contributed by atoms with Gasteiger partial charge in [-0.05, 0) is 130 Å². The van der Waals surface area contributed by atoms with Crippen molar-refractivity contribution in [3.05, 3.63) is 48.1 Å². The number of carbonyl (C=O) groups is 7. The van der Waals surface area contributed by atoms with Crippen molar-refractivity contribution in [1.29, 1.82) is 0 Å². The molecule has 86 heavy (non-hydrogen) atoms. The van der Waals surface area contributed by atoms with Crippen molar-refractivity contribution < 1.29 is 76.6 Å². The fourth-order valence-electron chi connectivity index (χ4n) is 14.6. The maximum atomic E-state index is 14.9. The molecule has 1 heterocycles. The van der Waals surface area contributed by atoms with Crippen LogP contribution in [0.4, 0.5) is 15.3 Å². The highest BCUT2D eigenvalue weighted by atomic mass is 16.7. The maximum Gasteiger partial charge on any atom is 0.407 e. The van der Waals surface area contributed by atoms with E-state index >= 15 is 0 Å². The Morgan fingerprint density at radius 2 is 1.51 bits per heavy atom. The minimum Gasteiger partial charge on any atom is -0.486 e. The van der Waals surface area contributed by atoms with Gasteiger partial charge in [-0.25, -0.2) is 9.59 Å². The summed E-state index contributed by atoms with van der Waals surface area (Å²) >= 11 is 0. The monoisotopic (exact) mass is 1200 g/mol. The second kappa shape index (κ2) is 30.8. The van der Waals surface area contributed by atoms with Gasteiger partial charge in [0.1, 0.15) is 24.4 Å². The molecule has 7 aliphatic rings. The van der Waals surface area contributed by atoms with Crippen molar-refractivity contribution >= 4 is 47.1 Å². The van der Waals surface area contributed by atoms with Gasteiger partial charge in [-0.2, -0.15) is 0 Å². The quantitative estimate of drug-likeness (QED) is 0.0341. The van der Waals surface area contributed by atoms with Gasteiger partial charge in [-0.1, -0.05) is 52.7 Å². The van der Waals surface area contributed by atoms with E-state index < -0.39 is 76.9 Å². The van der Waals surface area contributed by atoms with E-state index in [4.69, 9.17) is 43.6 Å². The van der Waals surface area contributed by atoms with Gasteiger partial charge in [0.05, 0.1) is 71.7 Å². The molecule has 3 unspecified atom stereocenters. The van der Waals surface area contributed by atoms with Crippen molar-refractivity contribution in [2.75, 3.05) is 84.5 Å². The van der Waals surface area contributed by atoms with E-state index in [1.54, 1.807) is 50.3 Å². The van der Waals surface area contributed by atoms with Crippen LogP contribution in [-0.4, -0.2) is 162 Å². The van der Waals surface area contributed by atoms with Crippen LogP contribution in [0.25, 0.3) is 0 Å². The number of fused-ring (bicyclic) bond motifs is 8. The van der Waals surface area contributed by atoms with Gasteiger partial charge in [0.25, 0.3) is 0 Å². The topological polar surface area (TPSA) is 300 Å². The van der Waals surface area contributed by atoms with Gasteiger partial charge in [0.2, 0.25) is 23.5 Å². The number of hydrogen-bond donors (Lipinski definition) is 7. The van der Waals surface area contributed by atoms with E-state index in [1.165, 1.54) is 0 Å². The zero-order valence-electron chi connectivity index (χ0n) is 50.8. The number of nitrogens with two attached hydrogens (primary N) is 1. The van der Waals surface area contributed by atoms with Crippen LogP contribution in [-0.2, 0) is 57.1 Å². The third-order valence-corrected chi connectivity index (χ3v) is 18.9. The number of amides is 6.